The monoisotopic (exact) mass is 332 g/mol. The average Bonchev–Trinajstić information content (AvgIpc) is 2.84. The van der Waals surface area contributed by atoms with Crippen LogP contribution >= 0.6 is 22.9 Å². The predicted molar refractivity (Wildman–Crippen MR) is 76.8 cm³/mol. The summed E-state index contributed by atoms with van der Waals surface area (Å²) < 4.78 is 26.4. The van der Waals surface area contributed by atoms with Crippen LogP contribution in [0.4, 0.5) is 5.69 Å². The molecule has 0 aliphatic carbocycles. The predicted octanol–water partition coefficient (Wildman–Crippen LogP) is 2.01. The van der Waals surface area contributed by atoms with E-state index < -0.39 is 15.9 Å². The van der Waals surface area contributed by atoms with Gasteiger partial charge < -0.3 is 10.8 Å². The molecule has 4 N–H and O–H groups in total. The molecule has 20 heavy (non-hydrogen) atoms. The van der Waals surface area contributed by atoms with Crippen LogP contribution in [0.25, 0.3) is 0 Å². The van der Waals surface area contributed by atoms with Gasteiger partial charge in [0.05, 0.1) is 15.5 Å². The van der Waals surface area contributed by atoms with Crippen molar-refractivity contribution in [2.75, 3.05) is 4.72 Å². The van der Waals surface area contributed by atoms with Crippen LogP contribution < -0.4 is 10.5 Å². The molecule has 6 nitrogen and oxygen atoms in total. The number of phenolic OH excluding ortho intramolecular Hbond substituents is 1. The van der Waals surface area contributed by atoms with Crippen LogP contribution in [-0.4, -0.2) is 19.4 Å². The summed E-state index contributed by atoms with van der Waals surface area (Å²) in [5.74, 6) is -0.967. The number of sulfonamides is 1. The first-order chi connectivity index (χ1) is 9.29. The summed E-state index contributed by atoms with van der Waals surface area (Å²) in [7, 11) is -3.93. The van der Waals surface area contributed by atoms with E-state index in [0.717, 1.165) is 17.4 Å². The Morgan fingerprint density at radius 2 is 2.05 bits per heavy atom. The zero-order valence-electron chi connectivity index (χ0n) is 9.83. The van der Waals surface area contributed by atoms with Gasteiger partial charge >= 0.3 is 0 Å². The number of nitrogens with one attached hydrogen (secondary N) is 1. The molecule has 0 fully saturated rings. The third kappa shape index (κ3) is 3.03. The summed E-state index contributed by atoms with van der Waals surface area (Å²) in [6.45, 7) is 0. The first kappa shape index (κ1) is 14.6. The molecule has 9 heteroatoms. The van der Waals surface area contributed by atoms with E-state index in [0.29, 0.717) is 0 Å². The number of hydrogen-bond donors (Lipinski definition) is 3. The molecule has 1 aromatic carbocycles. The summed E-state index contributed by atoms with van der Waals surface area (Å²) in [6.07, 6.45) is 0. The molecule has 0 saturated heterocycles. The second-order valence-electron chi connectivity index (χ2n) is 3.78. The highest BCUT2D eigenvalue weighted by atomic mass is 35.5. The number of aromatic hydroxyl groups is 1. The normalized spacial score (nSPS) is 11.2. The minimum atomic E-state index is -3.93. The van der Waals surface area contributed by atoms with Crippen LogP contribution in [0.3, 0.4) is 0 Å². The number of phenols is 1. The summed E-state index contributed by atoms with van der Waals surface area (Å²) in [6, 6.07) is 5.12. The van der Waals surface area contributed by atoms with Gasteiger partial charge in [-0.3, -0.25) is 9.52 Å². The second kappa shape index (κ2) is 5.31. The van der Waals surface area contributed by atoms with Gasteiger partial charge in [0.1, 0.15) is 5.75 Å². The van der Waals surface area contributed by atoms with Gasteiger partial charge in [0, 0.05) is 10.4 Å². The van der Waals surface area contributed by atoms with Crippen LogP contribution in [0.15, 0.2) is 34.5 Å². The molecule has 2 rings (SSSR count). The van der Waals surface area contributed by atoms with Crippen molar-refractivity contribution in [1.82, 2.24) is 0 Å². The lowest BCUT2D eigenvalue weighted by atomic mass is 10.3. The van der Waals surface area contributed by atoms with E-state index in [1.54, 1.807) is 0 Å². The van der Waals surface area contributed by atoms with Gasteiger partial charge in [-0.2, -0.15) is 0 Å². The molecule has 0 aliphatic rings. The molecule has 0 saturated carbocycles. The topological polar surface area (TPSA) is 109 Å². The molecule has 1 aromatic heterocycles. The highest BCUT2D eigenvalue weighted by Gasteiger charge is 2.19. The summed E-state index contributed by atoms with van der Waals surface area (Å²) in [5.41, 5.74) is 5.01. The molecule has 1 heterocycles. The molecule has 1 amide bonds. The molecular weight excluding hydrogens is 324 g/mol. The van der Waals surface area contributed by atoms with Gasteiger partial charge in [0.15, 0.2) is 0 Å². The number of rotatable bonds is 4. The van der Waals surface area contributed by atoms with Crippen molar-refractivity contribution in [2.24, 2.45) is 5.73 Å². The largest absolute Gasteiger partial charge is 0.506 e. The Bertz CT molecular complexity index is 770. The van der Waals surface area contributed by atoms with Crippen LogP contribution in [0, 0.1) is 0 Å². The number of halogens is 1. The second-order valence-corrected chi connectivity index (χ2v) is 6.81. The number of carbonyl (C=O) groups excluding carboxylic acids is 1. The molecule has 2 aromatic rings. The van der Waals surface area contributed by atoms with E-state index in [4.69, 9.17) is 17.3 Å². The number of nitrogens with two attached hydrogens (primary N) is 1. The minimum Gasteiger partial charge on any atom is -0.506 e. The summed E-state index contributed by atoms with van der Waals surface area (Å²) in [4.78, 5) is 11.0. The number of anilines is 1. The lowest BCUT2D eigenvalue weighted by Crippen LogP contribution is -2.13. The van der Waals surface area contributed by atoms with Gasteiger partial charge in [-0.15, -0.1) is 11.3 Å². The number of primary amides is 1. The van der Waals surface area contributed by atoms with Gasteiger partial charge in [-0.25, -0.2) is 8.42 Å². The van der Waals surface area contributed by atoms with Crippen molar-refractivity contribution in [2.45, 2.75) is 4.90 Å². The highest BCUT2D eigenvalue weighted by molar-refractivity contribution is 7.92. The first-order valence-electron chi connectivity index (χ1n) is 5.19. The maximum absolute atomic E-state index is 12.1. The molecular formula is C11H9ClN2O4S2. The van der Waals surface area contributed by atoms with E-state index >= 15 is 0 Å². The van der Waals surface area contributed by atoms with Crippen molar-refractivity contribution in [3.8, 4) is 5.75 Å². The maximum Gasteiger partial charge on any atom is 0.262 e. The van der Waals surface area contributed by atoms with Gasteiger partial charge in [-0.05, 0) is 24.3 Å². The van der Waals surface area contributed by atoms with E-state index in [1.165, 1.54) is 23.6 Å². The number of carbonyl (C=O) groups is 1. The molecule has 0 radical (unpaired) electrons. The average molecular weight is 333 g/mol. The Hall–Kier alpha value is -1.77. The van der Waals surface area contributed by atoms with E-state index in [1.807, 2.05) is 0 Å². The van der Waals surface area contributed by atoms with Gasteiger partial charge in [0.25, 0.3) is 15.9 Å². The fourth-order valence-electron chi connectivity index (χ4n) is 1.38. The van der Waals surface area contributed by atoms with Gasteiger partial charge in [0.2, 0.25) is 0 Å². The lowest BCUT2D eigenvalue weighted by molar-refractivity contribution is 0.100. The summed E-state index contributed by atoms with van der Waals surface area (Å²) in [5, 5.41) is 11.1. The minimum absolute atomic E-state index is 0.0516. The van der Waals surface area contributed by atoms with E-state index in [-0.39, 0.29) is 26.2 Å². The SMILES string of the molecule is NC(=O)c1cc(S(=O)(=O)Nc2cc(Cl)ccc2O)cs1. The zero-order chi connectivity index (χ0) is 14.9. The fourth-order valence-corrected chi connectivity index (χ4v) is 3.75. The quantitative estimate of drug-likeness (QED) is 0.744. The Morgan fingerprint density at radius 3 is 2.65 bits per heavy atom. The third-order valence-electron chi connectivity index (χ3n) is 2.33. The smallest absolute Gasteiger partial charge is 0.262 e. The maximum atomic E-state index is 12.1. The highest BCUT2D eigenvalue weighted by Crippen LogP contribution is 2.29. The molecule has 0 spiro atoms. The molecule has 0 aliphatic heterocycles. The Labute approximate surface area is 123 Å². The standard InChI is InChI=1S/C11H9ClN2O4S2/c12-6-1-2-9(15)8(3-6)14-20(17,18)7-4-10(11(13)16)19-5-7/h1-5,14-15H,(H2,13,16). The molecule has 106 valence electrons. The van der Waals surface area contributed by atoms with Crippen LogP contribution in [0.5, 0.6) is 5.75 Å². The molecule has 0 unspecified atom stereocenters. The zero-order valence-corrected chi connectivity index (χ0v) is 12.2. The van der Waals surface area contributed by atoms with Crippen molar-refractivity contribution < 1.29 is 18.3 Å². The molecule has 0 atom stereocenters. The number of thiophene rings is 1. The Morgan fingerprint density at radius 1 is 1.35 bits per heavy atom. The third-order valence-corrected chi connectivity index (χ3v) is 5.01. The number of benzene rings is 1. The first-order valence-corrected chi connectivity index (χ1v) is 7.93. The lowest BCUT2D eigenvalue weighted by Gasteiger charge is -2.08. The van der Waals surface area contributed by atoms with Crippen molar-refractivity contribution in [1.29, 1.82) is 0 Å². The van der Waals surface area contributed by atoms with E-state index in [2.05, 4.69) is 4.72 Å². The van der Waals surface area contributed by atoms with E-state index in [9.17, 15) is 18.3 Å². The van der Waals surface area contributed by atoms with Crippen LogP contribution in [0.2, 0.25) is 5.02 Å². The van der Waals surface area contributed by atoms with Crippen molar-refractivity contribution in [3.05, 3.63) is 39.5 Å². The Kier molecular flexibility index (Phi) is 3.89. The van der Waals surface area contributed by atoms with Gasteiger partial charge in [-0.1, -0.05) is 11.6 Å². The van der Waals surface area contributed by atoms with Crippen LogP contribution in [0.1, 0.15) is 9.67 Å². The van der Waals surface area contributed by atoms with Crippen molar-refractivity contribution >= 4 is 44.6 Å². The molecule has 0 bridgehead atoms. The number of hydrogen-bond acceptors (Lipinski definition) is 5. The fraction of sp³-hybridized carbons (Fsp3) is 0. The van der Waals surface area contributed by atoms with Crippen LogP contribution in [-0.2, 0) is 10.0 Å². The van der Waals surface area contributed by atoms with Crippen molar-refractivity contribution in [3.63, 3.8) is 0 Å². The summed E-state index contributed by atoms with van der Waals surface area (Å²) >= 11 is 6.65. The Balaban J connectivity index is 2.35. The number of amides is 1.